The lowest BCUT2D eigenvalue weighted by molar-refractivity contribution is -0.137. The van der Waals surface area contributed by atoms with Crippen molar-refractivity contribution in [2.45, 2.75) is 76.8 Å². The Balaban J connectivity index is 1.76. The van der Waals surface area contributed by atoms with Gasteiger partial charge in [-0.25, -0.2) is 0 Å². The Labute approximate surface area is 186 Å². The van der Waals surface area contributed by atoms with E-state index in [1.807, 2.05) is 0 Å². The van der Waals surface area contributed by atoms with Gasteiger partial charge in [-0.3, -0.25) is 0 Å². The van der Waals surface area contributed by atoms with Crippen molar-refractivity contribution in [1.29, 1.82) is 0 Å². The van der Waals surface area contributed by atoms with Crippen molar-refractivity contribution in [3.05, 3.63) is 63.8 Å². The van der Waals surface area contributed by atoms with Gasteiger partial charge in [0.25, 0.3) is 0 Å². The van der Waals surface area contributed by atoms with Crippen LogP contribution in [0.5, 0.6) is 5.75 Å². The predicted molar refractivity (Wildman–Crippen MR) is 121 cm³/mol. The average molecular weight is 442 g/mol. The Bertz CT molecular complexity index is 1230. The van der Waals surface area contributed by atoms with Gasteiger partial charge in [-0.2, -0.15) is 13.2 Å². The molecule has 0 spiro atoms. The van der Waals surface area contributed by atoms with Gasteiger partial charge in [0, 0.05) is 27.4 Å². The summed E-state index contributed by atoms with van der Waals surface area (Å²) in [6.07, 6.45) is -1.78. The summed E-state index contributed by atoms with van der Waals surface area (Å²) in [4.78, 5) is 3.49. The number of rotatable bonds is 1. The van der Waals surface area contributed by atoms with E-state index >= 15 is 0 Å². The summed E-state index contributed by atoms with van der Waals surface area (Å²) >= 11 is 0. The van der Waals surface area contributed by atoms with Crippen LogP contribution in [0.1, 0.15) is 80.5 Å². The minimum Gasteiger partial charge on any atom is -0.508 e. The first-order valence-corrected chi connectivity index (χ1v) is 11.4. The number of phenolic OH excluding ortho intramolecular Hbond substituents is 1. The van der Waals surface area contributed by atoms with Crippen molar-refractivity contribution in [2.24, 2.45) is 5.92 Å². The Morgan fingerprint density at radius 1 is 1.06 bits per heavy atom. The van der Waals surface area contributed by atoms with Crippen LogP contribution in [0.4, 0.5) is 13.2 Å². The van der Waals surface area contributed by atoms with Gasteiger partial charge in [-0.1, -0.05) is 40.7 Å². The van der Waals surface area contributed by atoms with Crippen molar-refractivity contribution in [1.82, 2.24) is 4.98 Å². The Morgan fingerprint density at radius 3 is 2.44 bits per heavy atom. The van der Waals surface area contributed by atoms with Crippen molar-refractivity contribution in [3.8, 4) is 5.75 Å². The van der Waals surface area contributed by atoms with Crippen LogP contribution in [0, 0.1) is 5.92 Å². The van der Waals surface area contributed by atoms with E-state index in [1.165, 1.54) is 23.3 Å². The highest BCUT2D eigenvalue weighted by Gasteiger charge is 2.53. The largest absolute Gasteiger partial charge is 0.508 e. The number of aromatic hydroxyl groups is 1. The van der Waals surface area contributed by atoms with Gasteiger partial charge in [0.15, 0.2) is 0 Å². The van der Waals surface area contributed by atoms with Gasteiger partial charge >= 0.3 is 6.18 Å². The molecule has 0 saturated heterocycles. The molecule has 5 heteroatoms. The van der Waals surface area contributed by atoms with E-state index < -0.39 is 11.7 Å². The van der Waals surface area contributed by atoms with Crippen LogP contribution < -0.4 is 0 Å². The lowest BCUT2D eigenvalue weighted by Crippen LogP contribution is -2.51. The molecule has 2 aliphatic carbocycles. The molecule has 0 fully saturated rings. The minimum absolute atomic E-state index is 0.208. The molecule has 2 nitrogen and oxygen atoms in total. The summed E-state index contributed by atoms with van der Waals surface area (Å²) in [6, 6.07) is 7.91. The van der Waals surface area contributed by atoms with E-state index in [-0.39, 0.29) is 16.7 Å². The van der Waals surface area contributed by atoms with E-state index in [9.17, 15) is 18.3 Å². The van der Waals surface area contributed by atoms with E-state index in [2.05, 4.69) is 45.7 Å². The standard InChI is InChI=1S/C27H30F3NO/c1-14(2)23-16-7-11-22-25(3,4)24-18(13-26(22,5)19(16)8-10-21(23)32)17-12-15(27(28,29)30)6-9-20(17)31-24/h6,8-10,12,14,22,31-32H,7,11,13H2,1-5H3/t22-,26+/m0/s1. The molecular weight excluding hydrogens is 411 g/mol. The molecule has 170 valence electrons. The predicted octanol–water partition coefficient (Wildman–Crippen LogP) is 7.37. The van der Waals surface area contributed by atoms with E-state index in [0.29, 0.717) is 23.5 Å². The third-order valence-corrected chi connectivity index (χ3v) is 8.27. The quantitative estimate of drug-likeness (QED) is 0.406. The van der Waals surface area contributed by atoms with Crippen LogP contribution in [0.3, 0.4) is 0 Å². The first-order valence-electron chi connectivity index (χ1n) is 11.4. The summed E-state index contributed by atoms with van der Waals surface area (Å²) in [5.41, 5.74) is 5.30. The second kappa shape index (κ2) is 6.55. The number of phenols is 1. The maximum Gasteiger partial charge on any atom is 0.416 e. The second-order valence-corrected chi connectivity index (χ2v) is 10.8. The highest BCUT2D eigenvalue weighted by atomic mass is 19.4. The first-order chi connectivity index (χ1) is 14.9. The van der Waals surface area contributed by atoms with Gasteiger partial charge in [0.05, 0.1) is 5.56 Å². The molecule has 0 unspecified atom stereocenters. The molecule has 0 bridgehead atoms. The van der Waals surface area contributed by atoms with Crippen LogP contribution in [0.25, 0.3) is 10.9 Å². The number of aromatic nitrogens is 1. The maximum atomic E-state index is 13.5. The second-order valence-electron chi connectivity index (χ2n) is 10.8. The molecule has 32 heavy (non-hydrogen) atoms. The summed E-state index contributed by atoms with van der Waals surface area (Å²) in [5, 5.41) is 11.3. The molecule has 2 aliphatic rings. The van der Waals surface area contributed by atoms with Crippen molar-refractivity contribution in [2.75, 3.05) is 0 Å². The highest BCUT2D eigenvalue weighted by Crippen LogP contribution is 2.58. The third-order valence-electron chi connectivity index (χ3n) is 8.27. The van der Waals surface area contributed by atoms with Crippen molar-refractivity contribution >= 4 is 10.9 Å². The van der Waals surface area contributed by atoms with Crippen LogP contribution >= 0.6 is 0 Å². The Morgan fingerprint density at radius 2 is 1.78 bits per heavy atom. The molecular formula is C27H30F3NO. The number of aromatic amines is 1. The normalized spacial score (nSPS) is 24.3. The zero-order chi connectivity index (χ0) is 23.2. The molecule has 2 N–H and O–H groups in total. The molecule has 1 heterocycles. The third kappa shape index (κ3) is 2.79. The zero-order valence-electron chi connectivity index (χ0n) is 19.2. The SMILES string of the molecule is CC(C)c1c(O)ccc2c1CC[C@H]1C(C)(C)c3[nH]c4ccc(C(F)(F)F)cc4c3C[C@]21C. The lowest BCUT2D eigenvalue weighted by atomic mass is 9.49. The fraction of sp³-hybridized carbons (Fsp3) is 0.481. The monoisotopic (exact) mass is 441 g/mol. The minimum atomic E-state index is -4.36. The molecule has 0 radical (unpaired) electrons. The number of hydrogen-bond donors (Lipinski definition) is 2. The molecule has 0 aliphatic heterocycles. The summed E-state index contributed by atoms with van der Waals surface area (Å²) < 4.78 is 40.4. The number of fused-ring (bicyclic) bond motifs is 6. The maximum absolute atomic E-state index is 13.5. The highest BCUT2D eigenvalue weighted by molar-refractivity contribution is 5.86. The van der Waals surface area contributed by atoms with Crippen LogP contribution in [-0.4, -0.2) is 10.1 Å². The van der Waals surface area contributed by atoms with Crippen LogP contribution in [0.15, 0.2) is 30.3 Å². The molecule has 3 aromatic rings. The number of halogens is 3. The molecule has 0 amide bonds. The molecule has 0 saturated carbocycles. The van der Waals surface area contributed by atoms with Crippen LogP contribution in [0.2, 0.25) is 0 Å². The summed E-state index contributed by atoms with van der Waals surface area (Å²) in [5.74, 6) is 0.896. The fourth-order valence-electron chi connectivity index (χ4n) is 6.97. The number of alkyl halides is 3. The molecule has 2 atom stereocenters. The Kier molecular flexibility index (Phi) is 4.39. The number of benzene rings is 2. The molecule has 2 aromatic carbocycles. The fourth-order valence-corrected chi connectivity index (χ4v) is 6.97. The smallest absolute Gasteiger partial charge is 0.416 e. The van der Waals surface area contributed by atoms with E-state index in [0.717, 1.165) is 35.2 Å². The van der Waals surface area contributed by atoms with Crippen molar-refractivity contribution in [3.63, 3.8) is 0 Å². The zero-order valence-corrected chi connectivity index (χ0v) is 19.2. The Hall–Kier alpha value is -2.43. The van der Waals surface area contributed by atoms with Gasteiger partial charge in [-0.05, 0) is 77.6 Å². The number of hydrogen-bond acceptors (Lipinski definition) is 1. The van der Waals surface area contributed by atoms with Gasteiger partial charge in [-0.15, -0.1) is 0 Å². The van der Waals surface area contributed by atoms with Crippen LogP contribution in [-0.2, 0) is 29.8 Å². The average Bonchev–Trinajstić information content (AvgIpc) is 3.05. The topological polar surface area (TPSA) is 36.0 Å². The summed E-state index contributed by atoms with van der Waals surface area (Å²) in [6.45, 7) is 10.9. The van der Waals surface area contributed by atoms with Gasteiger partial charge in [0.1, 0.15) is 5.75 Å². The molecule has 1 aromatic heterocycles. The van der Waals surface area contributed by atoms with E-state index in [1.54, 1.807) is 12.1 Å². The van der Waals surface area contributed by atoms with Crippen molar-refractivity contribution < 1.29 is 18.3 Å². The lowest BCUT2D eigenvalue weighted by Gasteiger charge is -2.54. The molecule has 5 rings (SSSR count). The van der Waals surface area contributed by atoms with E-state index in [4.69, 9.17) is 0 Å². The number of H-pyrrole nitrogens is 1. The first kappa shape index (κ1) is 21.4. The van der Waals surface area contributed by atoms with Gasteiger partial charge in [0.2, 0.25) is 0 Å². The van der Waals surface area contributed by atoms with Gasteiger partial charge < -0.3 is 10.1 Å². The summed E-state index contributed by atoms with van der Waals surface area (Å²) in [7, 11) is 0. The number of nitrogens with one attached hydrogen (secondary N) is 1.